The molecule has 0 nitrogen and oxygen atoms in total. The summed E-state index contributed by atoms with van der Waals surface area (Å²) in [6.07, 6.45) is -11.5. The monoisotopic (exact) mass is 365 g/mol. The summed E-state index contributed by atoms with van der Waals surface area (Å²) < 4.78 is 89.4. The lowest BCUT2D eigenvalue weighted by atomic mass is 9.92. The van der Waals surface area contributed by atoms with Gasteiger partial charge in [-0.3, -0.25) is 0 Å². The van der Waals surface area contributed by atoms with Crippen LogP contribution >= 0.6 is 15.9 Å². The van der Waals surface area contributed by atoms with Gasteiger partial charge in [0.05, 0.1) is 0 Å². The number of halogens is 8. The molecule has 0 aliphatic rings. The predicted octanol–water partition coefficient (Wildman–Crippen LogP) is 5.49. The average Bonchev–Trinajstić information content (AvgIpc) is 2.24. The van der Waals surface area contributed by atoms with Crippen molar-refractivity contribution in [2.45, 2.75) is 37.8 Å². The Balaban J connectivity index is 3.51. The molecule has 1 rings (SSSR count). The molecule has 0 aliphatic carbocycles. The quantitative estimate of drug-likeness (QED) is 0.621. The molecule has 20 heavy (non-hydrogen) atoms. The average molecular weight is 366 g/mol. The van der Waals surface area contributed by atoms with Crippen LogP contribution in [0.4, 0.5) is 30.7 Å². The molecule has 0 fully saturated rings. The van der Waals surface area contributed by atoms with E-state index in [0.29, 0.717) is 18.6 Å². The van der Waals surface area contributed by atoms with Gasteiger partial charge in [0.25, 0.3) is 0 Å². The van der Waals surface area contributed by atoms with E-state index < -0.39 is 23.6 Å². The molecule has 1 radical (unpaired) electrons. The minimum absolute atomic E-state index is 0.0763. The lowest BCUT2D eigenvalue weighted by Crippen LogP contribution is -2.50. The van der Waals surface area contributed by atoms with Crippen molar-refractivity contribution in [2.24, 2.45) is 0 Å². The molecule has 0 N–H and O–H groups in total. The van der Waals surface area contributed by atoms with Gasteiger partial charge in [-0.25, -0.2) is 4.39 Å². The van der Waals surface area contributed by atoms with E-state index in [1.807, 2.05) is 0 Å². The molecule has 0 spiro atoms. The Bertz CT molecular complexity index is 462. The Labute approximate surface area is 119 Å². The Hall–Kier alpha value is -0.790. The van der Waals surface area contributed by atoms with Crippen LogP contribution in [0, 0.1) is 6.07 Å². The van der Waals surface area contributed by atoms with Crippen molar-refractivity contribution in [3.63, 3.8) is 0 Å². The summed E-state index contributed by atoms with van der Waals surface area (Å²) in [5.41, 5.74) is -6.82. The third-order valence-corrected chi connectivity index (χ3v) is 3.02. The molecule has 0 atom stereocenters. The molecular weight excluding hydrogens is 357 g/mol. The Morgan fingerprint density at radius 1 is 1.00 bits per heavy atom. The summed E-state index contributed by atoms with van der Waals surface area (Å²) in [5, 5.41) is 0. The molecule has 0 aromatic heterocycles. The first-order valence-electron chi connectivity index (χ1n) is 5.48. The largest absolute Gasteiger partial charge is 0.435 e. The molecule has 1 aromatic carbocycles. The van der Waals surface area contributed by atoms with Crippen molar-refractivity contribution in [1.82, 2.24) is 0 Å². The lowest BCUT2D eigenvalue weighted by Gasteiger charge is -2.30. The lowest BCUT2D eigenvalue weighted by molar-refractivity contribution is -0.348. The van der Waals surface area contributed by atoms with E-state index in [0.717, 1.165) is 0 Å². The minimum Gasteiger partial charge on any atom is -0.218 e. The summed E-state index contributed by atoms with van der Waals surface area (Å²) in [6, 6.07) is 3.53. The minimum atomic E-state index is -6.10. The van der Waals surface area contributed by atoms with E-state index in [9.17, 15) is 30.7 Å². The van der Waals surface area contributed by atoms with E-state index >= 15 is 0 Å². The predicted molar refractivity (Wildman–Crippen MR) is 61.9 cm³/mol. The van der Waals surface area contributed by atoms with Gasteiger partial charge in [0.2, 0.25) is 0 Å². The second-order valence-electron chi connectivity index (χ2n) is 4.15. The van der Waals surface area contributed by atoms with Gasteiger partial charge in [0.15, 0.2) is 0 Å². The highest BCUT2D eigenvalue weighted by atomic mass is 79.9. The standard InChI is InChI=1S/C12H9BrF7/c1-2-3-7-4-8(6-9(13)5-7)10(14,11(15,16)17)12(18,19)20/h4,6H,2-3H2,1H3. The van der Waals surface area contributed by atoms with Gasteiger partial charge < -0.3 is 0 Å². The molecule has 0 saturated heterocycles. The molecular formula is C12H9BrF7. The number of rotatable bonds is 3. The SMILES string of the molecule is CCCc1[c]c(Br)cc(C(F)(C(F)(F)F)C(F)(F)F)c1. The van der Waals surface area contributed by atoms with Crippen LogP contribution in [0.2, 0.25) is 0 Å². The van der Waals surface area contributed by atoms with Gasteiger partial charge in [-0.05, 0) is 18.1 Å². The fourth-order valence-corrected chi connectivity index (χ4v) is 2.18. The first-order valence-corrected chi connectivity index (χ1v) is 6.27. The summed E-state index contributed by atoms with van der Waals surface area (Å²) >= 11 is 2.75. The van der Waals surface area contributed by atoms with Gasteiger partial charge in [-0.1, -0.05) is 35.3 Å². The van der Waals surface area contributed by atoms with Crippen LogP contribution in [0.3, 0.4) is 0 Å². The number of hydrogen-bond donors (Lipinski definition) is 0. The number of benzene rings is 1. The Kier molecular flexibility index (Phi) is 4.78. The van der Waals surface area contributed by atoms with Gasteiger partial charge in [-0.15, -0.1) is 0 Å². The number of aryl methyl sites for hydroxylation is 1. The summed E-state index contributed by atoms with van der Waals surface area (Å²) in [7, 11) is 0. The van der Waals surface area contributed by atoms with Crippen LogP contribution in [0.15, 0.2) is 16.6 Å². The van der Waals surface area contributed by atoms with Crippen LogP contribution in [0.1, 0.15) is 24.5 Å². The van der Waals surface area contributed by atoms with Crippen LogP contribution in [-0.2, 0) is 12.1 Å². The Morgan fingerprint density at radius 2 is 1.50 bits per heavy atom. The highest BCUT2D eigenvalue weighted by Gasteiger charge is 2.73. The van der Waals surface area contributed by atoms with Crippen molar-refractivity contribution in [3.8, 4) is 0 Å². The fourth-order valence-electron chi connectivity index (χ4n) is 1.68. The number of hydrogen-bond acceptors (Lipinski definition) is 0. The zero-order valence-corrected chi connectivity index (χ0v) is 11.7. The normalized spacial score (nSPS) is 13.7. The van der Waals surface area contributed by atoms with E-state index in [4.69, 9.17) is 0 Å². The maximum atomic E-state index is 13.9. The highest BCUT2D eigenvalue weighted by molar-refractivity contribution is 9.10. The topological polar surface area (TPSA) is 0 Å². The first kappa shape index (κ1) is 17.3. The van der Waals surface area contributed by atoms with Gasteiger partial charge in [-0.2, -0.15) is 26.3 Å². The van der Waals surface area contributed by atoms with Crippen molar-refractivity contribution in [1.29, 1.82) is 0 Å². The Morgan fingerprint density at radius 3 is 1.90 bits per heavy atom. The van der Waals surface area contributed by atoms with Crippen LogP contribution < -0.4 is 0 Å². The van der Waals surface area contributed by atoms with E-state index in [1.54, 1.807) is 6.92 Å². The van der Waals surface area contributed by atoms with Crippen molar-refractivity contribution in [3.05, 3.63) is 33.8 Å². The fraction of sp³-hybridized carbons (Fsp3) is 0.500. The third kappa shape index (κ3) is 3.10. The van der Waals surface area contributed by atoms with E-state index in [2.05, 4.69) is 22.0 Å². The third-order valence-electron chi connectivity index (χ3n) is 2.59. The second kappa shape index (κ2) is 5.54. The second-order valence-corrected chi connectivity index (χ2v) is 5.00. The zero-order chi connectivity index (χ0) is 15.8. The molecule has 0 heterocycles. The maximum absolute atomic E-state index is 13.9. The van der Waals surface area contributed by atoms with Crippen LogP contribution in [0.25, 0.3) is 0 Å². The summed E-state index contributed by atoms with van der Waals surface area (Å²) in [6.45, 7) is 1.69. The summed E-state index contributed by atoms with van der Waals surface area (Å²) in [5.74, 6) is 0. The first-order chi connectivity index (χ1) is 8.93. The molecule has 8 heteroatoms. The van der Waals surface area contributed by atoms with Crippen molar-refractivity contribution >= 4 is 15.9 Å². The van der Waals surface area contributed by atoms with E-state index in [-0.39, 0.29) is 16.5 Å². The molecule has 0 aliphatic heterocycles. The van der Waals surface area contributed by atoms with Crippen LogP contribution in [-0.4, -0.2) is 12.4 Å². The van der Waals surface area contributed by atoms with Crippen molar-refractivity contribution in [2.75, 3.05) is 0 Å². The van der Waals surface area contributed by atoms with Crippen molar-refractivity contribution < 1.29 is 30.7 Å². The molecule has 0 amide bonds. The molecule has 113 valence electrons. The maximum Gasteiger partial charge on any atom is 0.435 e. The van der Waals surface area contributed by atoms with E-state index in [1.165, 1.54) is 0 Å². The highest BCUT2D eigenvalue weighted by Crippen LogP contribution is 2.53. The molecule has 1 aromatic rings. The smallest absolute Gasteiger partial charge is 0.218 e. The van der Waals surface area contributed by atoms with Crippen LogP contribution in [0.5, 0.6) is 0 Å². The molecule has 0 saturated carbocycles. The zero-order valence-electron chi connectivity index (χ0n) is 10.1. The summed E-state index contributed by atoms with van der Waals surface area (Å²) in [4.78, 5) is 0. The molecule has 0 bridgehead atoms. The molecule has 0 unspecified atom stereocenters. The van der Waals surface area contributed by atoms with Gasteiger partial charge in [0.1, 0.15) is 0 Å². The van der Waals surface area contributed by atoms with Gasteiger partial charge in [0, 0.05) is 16.1 Å². The number of alkyl halides is 7. The van der Waals surface area contributed by atoms with Gasteiger partial charge >= 0.3 is 18.0 Å².